The third-order valence-electron chi connectivity index (χ3n) is 2.96. The van der Waals surface area contributed by atoms with Crippen LogP contribution in [0.15, 0.2) is 12.1 Å². The zero-order chi connectivity index (χ0) is 11.7. The van der Waals surface area contributed by atoms with Gasteiger partial charge < -0.3 is 10.1 Å². The normalized spacial score (nSPS) is 20.7. The molecule has 0 spiro atoms. The lowest BCUT2D eigenvalue weighted by Crippen LogP contribution is -2.39. The van der Waals surface area contributed by atoms with E-state index in [1.54, 1.807) is 0 Å². The number of benzene rings is 1. The van der Waals surface area contributed by atoms with Gasteiger partial charge in [0.05, 0.1) is 0 Å². The quantitative estimate of drug-likeness (QED) is 0.782. The molecule has 1 amide bonds. The Morgan fingerprint density at radius 3 is 2.38 bits per heavy atom. The summed E-state index contributed by atoms with van der Waals surface area (Å²) in [6.45, 7) is 7.01. The van der Waals surface area contributed by atoms with Gasteiger partial charge in [-0.05, 0) is 37.5 Å². The number of aryl methyl sites for hydroxylation is 3. The van der Waals surface area contributed by atoms with Gasteiger partial charge in [-0.1, -0.05) is 17.7 Å². The van der Waals surface area contributed by atoms with Crippen molar-refractivity contribution in [1.82, 2.24) is 5.32 Å². The van der Waals surface area contributed by atoms with Gasteiger partial charge >= 0.3 is 0 Å². The fourth-order valence-electron chi connectivity index (χ4n) is 2.38. The summed E-state index contributed by atoms with van der Waals surface area (Å²) in [6, 6.07) is 4.31. The lowest BCUT2D eigenvalue weighted by molar-refractivity contribution is -0.133. The Hall–Kier alpha value is -1.35. The lowest BCUT2D eigenvalue weighted by Gasteiger charge is -2.26. The molecule has 3 nitrogen and oxygen atoms in total. The van der Waals surface area contributed by atoms with Gasteiger partial charge in [0.1, 0.15) is 12.7 Å². The van der Waals surface area contributed by atoms with E-state index in [-0.39, 0.29) is 18.6 Å². The largest absolute Gasteiger partial charge is 0.362 e. The minimum atomic E-state index is -0.0290. The molecular formula is C13H17NO2. The van der Waals surface area contributed by atoms with E-state index in [0.29, 0.717) is 6.54 Å². The first kappa shape index (κ1) is 11.1. The summed E-state index contributed by atoms with van der Waals surface area (Å²) in [5.41, 5.74) is 4.95. The average Bonchev–Trinajstić information content (AvgIpc) is 2.19. The van der Waals surface area contributed by atoms with Crippen LogP contribution in [0, 0.1) is 20.8 Å². The van der Waals surface area contributed by atoms with E-state index in [1.807, 2.05) is 0 Å². The Balaban J connectivity index is 2.30. The summed E-state index contributed by atoms with van der Waals surface area (Å²) in [6.07, 6.45) is -0.00157. The van der Waals surface area contributed by atoms with Crippen molar-refractivity contribution < 1.29 is 9.53 Å². The minimum absolute atomic E-state index is 0.00157. The number of hydrogen-bond donors (Lipinski definition) is 1. The number of amides is 1. The Bertz CT molecular complexity index is 393. The minimum Gasteiger partial charge on any atom is -0.362 e. The Morgan fingerprint density at radius 1 is 1.25 bits per heavy atom. The van der Waals surface area contributed by atoms with Crippen LogP contribution in [0.25, 0.3) is 0 Å². The van der Waals surface area contributed by atoms with Crippen molar-refractivity contribution in [3.8, 4) is 0 Å². The van der Waals surface area contributed by atoms with Crippen LogP contribution in [0.4, 0.5) is 0 Å². The maximum Gasteiger partial charge on any atom is 0.246 e. The van der Waals surface area contributed by atoms with Gasteiger partial charge in [-0.3, -0.25) is 4.79 Å². The van der Waals surface area contributed by atoms with Gasteiger partial charge in [-0.15, -0.1) is 0 Å². The molecule has 1 aliphatic rings. The van der Waals surface area contributed by atoms with Crippen LogP contribution >= 0.6 is 0 Å². The molecule has 0 bridgehead atoms. The van der Waals surface area contributed by atoms with Crippen molar-refractivity contribution in [2.45, 2.75) is 26.9 Å². The van der Waals surface area contributed by atoms with E-state index in [0.717, 1.165) is 0 Å². The van der Waals surface area contributed by atoms with E-state index in [9.17, 15) is 4.79 Å². The molecule has 0 aromatic heterocycles. The number of carbonyl (C=O) groups is 1. The predicted octanol–water partition coefficient (Wildman–Crippen LogP) is 1.80. The third-order valence-corrected chi connectivity index (χ3v) is 2.96. The van der Waals surface area contributed by atoms with Gasteiger partial charge in [0.25, 0.3) is 0 Å². The third kappa shape index (κ3) is 2.09. The molecule has 0 unspecified atom stereocenters. The van der Waals surface area contributed by atoms with E-state index >= 15 is 0 Å². The predicted molar refractivity (Wildman–Crippen MR) is 62.4 cm³/mol. The Kier molecular flexibility index (Phi) is 2.97. The number of morpholine rings is 1. The number of rotatable bonds is 1. The molecule has 1 aromatic carbocycles. The topological polar surface area (TPSA) is 38.3 Å². The van der Waals surface area contributed by atoms with Gasteiger partial charge in [-0.25, -0.2) is 0 Å². The molecule has 1 saturated heterocycles. The van der Waals surface area contributed by atoms with Crippen LogP contribution < -0.4 is 5.32 Å². The monoisotopic (exact) mass is 219 g/mol. The fourth-order valence-corrected chi connectivity index (χ4v) is 2.38. The van der Waals surface area contributed by atoms with Crippen molar-refractivity contribution in [1.29, 1.82) is 0 Å². The van der Waals surface area contributed by atoms with Crippen molar-refractivity contribution in [2.75, 3.05) is 13.2 Å². The van der Waals surface area contributed by atoms with E-state index in [1.165, 1.54) is 22.3 Å². The van der Waals surface area contributed by atoms with Crippen LogP contribution in [0.3, 0.4) is 0 Å². The van der Waals surface area contributed by atoms with Gasteiger partial charge in [-0.2, -0.15) is 0 Å². The van der Waals surface area contributed by atoms with Gasteiger partial charge in [0.15, 0.2) is 0 Å². The highest BCUT2D eigenvalue weighted by atomic mass is 16.5. The zero-order valence-corrected chi connectivity index (χ0v) is 9.96. The summed E-state index contributed by atoms with van der Waals surface area (Å²) in [5, 5.41) is 2.84. The van der Waals surface area contributed by atoms with Crippen LogP contribution in [0.5, 0.6) is 0 Å². The zero-order valence-electron chi connectivity index (χ0n) is 9.96. The van der Waals surface area contributed by atoms with Crippen LogP contribution in [-0.2, 0) is 9.53 Å². The van der Waals surface area contributed by atoms with E-state index in [2.05, 4.69) is 38.2 Å². The Morgan fingerprint density at radius 2 is 1.88 bits per heavy atom. The smallest absolute Gasteiger partial charge is 0.246 e. The summed E-state index contributed by atoms with van der Waals surface area (Å²) in [5.74, 6) is -0.0290. The van der Waals surface area contributed by atoms with Crippen molar-refractivity contribution >= 4 is 5.91 Å². The fraction of sp³-hybridized carbons (Fsp3) is 0.462. The maximum absolute atomic E-state index is 11.0. The molecule has 0 saturated carbocycles. The summed E-state index contributed by atoms with van der Waals surface area (Å²) in [4.78, 5) is 11.0. The van der Waals surface area contributed by atoms with Crippen molar-refractivity contribution in [2.24, 2.45) is 0 Å². The summed E-state index contributed by atoms with van der Waals surface area (Å²) < 4.78 is 5.57. The first-order valence-corrected chi connectivity index (χ1v) is 5.54. The highest BCUT2D eigenvalue weighted by Crippen LogP contribution is 2.26. The van der Waals surface area contributed by atoms with Crippen LogP contribution in [0.1, 0.15) is 28.4 Å². The molecule has 2 rings (SSSR count). The average molecular weight is 219 g/mol. The van der Waals surface area contributed by atoms with Gasteiger partial charge in [0.2, 0.25) is 5.91 Å². The first-order chi connectivity index (χ1) is 7.58. The first-order valence-electron chi connectivity index (χ1n) is 5.54. The second-order valence-electron chi connectivity index (χ2n) is 4.42. The molecule has 3 heteroatoms. The number of carbonyl (C=O) groups excluding carboxylic acids is 1. The Labute approximate surface area is 95.8 Å². The second-order valence-corrected chi connectivity index (χ2v) is 4.42. The number of nitrogens with one attached hydrogen (secondary N) is 1. The highest BCUT2D eigenvalue weighted by Gasteiger charge is 2.22. The number of hydrogen-bond acceptors (Lipinski definition) is 2. The molecular weight excluding hydrogens is 202 g/mol. The molecule has 1 heterocycles. The van der Waals surface area contributed by atoms with Crippen LogP contribution in [0.2, 0.25) is 0 Å². The SMILES string of the molecule is Cc1cc(C)c([C@@H]2CNC(=O)CO2)c(C)c1. The molecule has 86 valence electrons. The molecule has 16 heavy (non-hydrogen) atoms. The second kappa shape index (κ2) is 4.26. The molecule has 1 fully saturated rings. The standard InChI is InChI=1S/C13H17NO2/c1-8-4-9(2)13(10(3)5-8)11-6-14-12(15)7-16-11/h4-5,11H,6-7H2,1-3H3,(H,14,15)/t11-/m0/s1. The molecule has 1 atom stereocenters. The van der Waals surface area contributed by atoms with E-state index in [4.69, 9.17) is 4.74 Å². The van der Waals surface area contributed by atoms with Crippen molar-refractivity contribution in [3.05, 3.63) is 34.4 Å². The summed E-state index contributed by atoms with van der Waals surface area (Å²) in [7, 11) is 0. The van der Waals surface area contributed by atoms with Gasteiger partial charge in [0, 0.05) is 6.54 Å². The molecule has 0 radical (unpaired) electrons. The molecule has 1 aliphatic heterocycles. The maximum atomic E-state index is 11.0. The van der Waals surface area contributed by atoms with E-state index < -0.39 is 0 Å². The lowest BCUT2D eigenvalue weighted by atomic mass is 9.95. The summed E-state index contributed by atoms with van der Waals surface area (Å²) >= 11 is 0. The highest BCUT2D eigenvalue weighted by molar-refractivity contribution is 5.77. The number of ether oxygens (including phenoxy) is 1. The molecule has 1 N–H and O–H groups in total. The molecule has 1 aromatic rings. The van der Waals surface area contributed by atoms with Crippen molar-refractivity contribution in [3.63, 3.8) is 0 Å². The van der Waals surface area contributed by atoms with Crippen LogP contribution in [-0.4, -0.2) is 19.1 Å². The molecule has 0 aliphatic carbocycles.